The lowest BCUT2D eigenvalue weighted by Gasteiger charge is -2.42. The van der Waals surface area contributed by atoms with Crippen LogP contribution in [0.5, 0.6) is 0 Å². The van der Waals surface area contributed by atoms with Crippen LogP contribution >= 0.6 is 0 Å². The average Bonchev–Trinajstić information content (AvgIpc) is 3.24. The van der Waals surface area contributed by atoms with Crippen molar-refractivity contribution in [3.05, 3.63) is 59.9 Å². The maximum Gasteiger partial charge on any atom is 0.270 e. The monoisotopic (exact) mass is 323 g/mol. The van der Waals surface area contributed by atoms with Crippen molar-refractivity contribution in [3.8, 4) is 0 Å². The van der Waals surface area contributed by atoms with Crippen LogP contribution in [0.3, 0.4) is 0 Å². The zero-order valence-corrected chi connectivity index (χ0v) is 13.5. The first-order valence-electron chi connectivity index (χ1n) is 8.47. The molecule has 2 aliphatic heterocycles. The summed E-state index contributed by atoms with van der Waals surface area (Å²) in [6.45, 7) is 1.34. The first-order chi connectivity index (χ1) is 11.7. The lowest BCUT2D eigenvalue weighted by atomic mass is 9.74. The number of amides is 2. The van der Waals surface area contributed by atoms with Gasteiger partial charge in [0.15, 0.2) is 0 Å². The largest absolute Gasteiger partial charge is 0.357 e. The number of carbonyl (C=O) groups is 2. The minimum atomic E-state index is -0.217. The third kappa shape index (κ3) is 2.50. The van der Waals surface area contributed by atoms with Crippen LogP contribution in [0.2, 0.25) is 0 Å². The van der Waals surface area contributed by atoms with Gasteiger partial charge in [0.2, 0.25) is 5.91 Å². The second-order valence-electron chi connectivity index (χ2n) is 6.75. The summed E-state index contributed by atoms with van der Waals surface area (Å²) in [7, 11) is 0. The molecular formula is C19H21N3O2. The summed E-state index contributed by atoms with van der Waals surface area (Å²) in [6, 6.07) is 13.9. The minimum Gasteiger partial charge on any atom is -0.357 e. The zero-order chi connectivity index (χ0) is 16.6. The molecule has 2 aromatic rings. The van der Waals surface area contributed by atoms with Gasteiger partial charge in [0.05, 0.1) is 5.54 Å². The predicted molar refractivity (Wildman–Crippen MR) is 90.6 cm³/mol. The Morgan fingerprint density at radius 2 is 1.83 bits per heavy atom. The molecule has 4 rings (SSSR count). The number of likely N-dealkylation sites (tertiary alicyclic amines) is 1. The third-order valence-electron chi connectivity index (χ3n) is 5.42. The van der Waals surface area contributed by atoms with Crippen molar-refractivity contribution < 1.29 is 9.59 Å². The van der Waals surface area contributed by atoms with E-state index in [1.807, 2.05) is 29.2 Å². The van der Waals surface area contributed by atoms with Gasteiger partial charge < -0.3 is 15.2 Å². The van der Waals surface area contributed by atoms with Crippen LogP contribution < -0.4 is 5.32 Å². The van der Waals surface area contributed by atoms with Crippen molar-refractivity contribution in [2.45, 2.75) is 30.7 Å². The maximum atomic E-state index is 12.5. The molecular weight excluding hydrogens is 302 g/mol. The smallest absolute Gasteiger partial charge is 0.270 e. The first kappa shape index (κ1) is 15.0. The molecule has 1 aromatic heterocycles. The highest BCUT2D eigenvalue weighted by molar-refractivity contribution is 5.92. The predicted octanol–water partition coefficient (Wildman–Crippen LogP) is 2.29. The standard InChI is InChI=1S/C19H21N3O2/c23-17-13-15(14-5-2-1-3-6-14)19(21-17)8-11-22(12-9-19)18(24)16-7-4-10-20-16/h1-7,10,15,20H,8-9,11-13H2,(H,21,23)/t15-/m0/s1. The number of rotatable bonds is 2. The number of aromatic nitrogens is 1. The molecule has 1 aromatic carbocycles. The number of hydrogen-bond acceptors (Lipinski definition) is 2. The van der Waals surface area contributed by atoms with Gasteiger partial charge in [0.25, 0.3) is 5.91 Å². The molecule has 0 aliphatic carbocycles. The van der Waals surface area contributed by atoms with E-state index in [2.05, 4.69) is 22.4 Å². The van der Waals surface area contributed by atoms with Crippen molar-refractivity contribution >= 4 is 11.8 Å². The molecule has 0 saturated carbocycles. The Balaban J connectivity index is 1.52. The molecule has 2 aliphatic rings. The zero-order valence-electron chi connectivity index (χ0n) is 13.5. The van der Waals surface area contributed by atoms with Gasteiger partial charge in [-0.1, -0.05) is 30.3 Å². The van der Waals surface area contributed by atoms with Crippen LogP contribution in [0, 0.1) is 0 Å². The van der Waals surface area contributed by atoms with Crippen LogP contribution in [-0.2, 0) is 4.79 Å². The van der Waals surface area contributed by atoms with Crippen LogP contribution in [-0.4, -0.2) is 40.3 Å². The molecule has 1 spiro atoms. The molecule has 24 heavy (non-hydrogen) atoms. The van der Waals surface area contributed by atoms with E-state index in [9.17, 15) is 9.59 Å². The normalized spacial score (nSPS) is 22.6. The molecule has 2 N–H and O–H groups in total. The fraction of sp³-hybridized carbons (Fsp3) is 0.368. The SMILES string of the molecule is O=C1C[C@@H](c2ccccc2)C2(CCN(C(=O)c3ccc[nH]3)CC2)N1. The summed E-state index contributed by atoms with van der Waals surface area (Å²) >= 11 is 0. The Morgan fingerprint density at radius 1 is 1.08 bits per heavy atom. The molecule has 0 radical (unpaired) electrons. The molecule has 124 valence electrons. The third-order valence-corrected chi connectivity index (χ3v) is 5.42. The van der Waals surface area contributed by atoms with Gasteiger partial charge in [-0.25, -0.2) is 0 Å². The number of carbonyl (C=O) groups excluding carboxylic acids is 2. The molecule has 3 heterocycles. The number of nitrogens with zero attached hydrogens (tertiary/aromatic N) is 1. The van der Waals surface area contributed by atoms with Crippen molar-refractivity contribution in [2.75, 3.05) is 13.1 Å². The molecule has 2 fully saturated rings. The maximum absolute atomic E-state index is 12.5. The quantitative estimate of drug-likeness (QED) is 0.890. The van der Waals surface area contributed by atoms with Crippen LogP contribution in [0.1, 0.15) is 41.2 Å². The lowest BCUT2D eigenvalue weighted by molar-refractivity contribution is -0.120. The van der Waals surface area contributed by atoms with Gasteiger partial charge >= 0.3 is 0 Å². The van der Waals surface area contributed by atoms with E-state index in [-0.39, 0.29) is 23.3 Å². The Morgan fingerprint density at radius 3 is 2.50 bits per heavy atom. The summed E-state index contributed by atoms with van der Waals surface area (Å²) in [5, 5.41) is 3.23. The van der Waals surface area contributed by atoms with E-state index in [0.29, 0.717) is 25.2 Å². The molecule has 2 amide bonds. The number of benzene rings is 1. The van der Waals surface area contributed by atoms with Gasteiger partial charge in [0, 0.05) is 31.6 Å². The highest BCUT2D eigenvalue weighted by Gasteiger charge is 2.49. The van der Waals surface area contributed by atoms with E-state index >= 15 is 0 Å². The van der Waals surface area contributed by atoms with E-state index in [0.717, 1.165) is 12.8 Å². The summed E-state index contributed by atoms with van der Waals surface area (Å²) in [5.41, 5.74) is 1.62. The van der Waals surface area contributed by atoms with Crippen LogP contribution in [0.25, 0.3) is 0 Å². The fourth-order valence-corrected chi connectivity index (χ4v) is 4.13. The van der Waals surface area contributed by atoms with Crippen molar-refractivity contribution in [2.24, 2.45) is 0 Å². The lowest BCUT2D eigenvalue weighted by Crippen LogP contribution is -2.54. The van der Waals surface area contributed by atoms with Gasteiger partial charge in [0.1, 0.15) is 5.69 Å². The van der Waals surface area contributed by atoms with E-state index in [1.54, 1.807) is 12.3 Å². The Hall–Kier alpha value is -2.56. The van der Waals surface area contributed by atoms with Gasteiger partial charge in [-0.05, 0) is 30.5 Å². The number of nitrogens with one attached hydrogen (secondary N) is 2. The van der Waals surface area contributed by atoms with Crippen molar-refractivity contribution in [1.82, 2.24) is 15.2 Å². The molecule has 1 atom stereocenters. The van der Waals surface area contributed by atoms with Gasteiger partial charge in [-0.2, -0.15) is 0 Å². The first-order valence-corrected chi connectivity index (χ1v) is 8.47. The Kier molecular flexibility index (Phi) is 3.63. The molecule has 0 unspecified atom stereocenters. The molecule has 0 bridgehead atoms. The summed E-state index contributed by atoms with van der Waals surface area (Å²) in [5.74, 6) is 0.345. The number of aromatic amines is 1. The van der Waals surface area contributed by atoms with Gasteiger partial charge in [-0.15, -0.1) is 0 Å². The topological polar surface area (TPSA) is 65.2 Å². The average molecular weight is 323 g/mol. The number of hydrogen-bond donors (Lipinski definition) is 2. The minimum absolute atomic E-state index is 0.0374. The molecule has 5 nitrogen and oxygen atoms in total. The second kappa shape index (κ2) is 5.82. The Bertz CT molecular complexity index is 731. The summed E-state index contributed by atoms with van der Waals surface area (Å²) in [6.07, 6.45) is 3.89. The van der Waals surface area contributed by atoms with E-state index < -0.39 is 0 Å². The van der Waals surface area contributed by atoms with Gasteiger partial charge in [-0.3, -0.25) is 9.59 Å². The highest BCUT2D eigenvalue weighted by atomic mass is 16.2. The summed E-state index contributed by atoms with van der Waals surface area (Å²) in [4.78, 5) is 29.4. The van der Waals surface area contributed by atoms with E-state index in [4.69, 9.17) is 0 Å². The highest BCUT2D eigenvalue weighted by Crippen LogP contribution is 2.43. The summed E-state index contributed by atoms with van der Waals surface area (Å²) < 4.78 is 0. The molecule has 5 heteroatoms. The Labute approximate surface area is 141 Å². The number of piperidine rings is 1. The fourth-order valence-electron chi connectivity index (χ4n) is 4.13. The van der Waals surface area contributed by atoms with E-state index in [1.165, 1.54) is 5.56 Å². The van der Waals surface area contributed by atoms with Crippen molar-refractivity contribution in [3.63, 3.8) is 0 Å². The van der Waals surface area contributed by atoms with Crippen LogP contribution in [0.15, 0.2) is 48.7 Å². The molecule has 2 saturated heterocycles. The van der Waals surface area contributed by atoms with Crippen LogP contribution in [0.4, 0.5) is 0 Å². The number of H-pyrrole nitrogens is 1. The van der Waals surface area contributed by atoms with Crippen molar-refractivity contribution in [1.29, 1.82) is 0 Å². The second-order valence-corrected chi connectivity index (χ2v) is 6.75.